The third-order valence-electron chi connectivity index (χ3n) is 3.12. The van der Waals surface area contributed by atoms with Crippen LogP contribution < -0.4 is 0 Å². The standard InChI is InChI=1S/C17H14N2O2S/c20-17(14-10-6-11-15-16(14)22-19-18-15)21-12-5-4-9-13-7-2-1-3-8-13/h1-4,6-11H,5,12H2. The molecule has 0 amide bonds. The lowest BCUT2D eigenvalue weighted by Gasteiger charge is -2.03. The maximum absolute atomic E-state index is 12.1. The van der Waals surface area contributed by atoms with E-state index in [4.69, 9.17) is 4.74 Å². The van der Waals surface area contributed by atoms with Crippen LogP contribution >= 0.6 is 11.5 Å². The fraction of sp³-hybridized carbons (Fsp3) is 0.118. The molecule has 0 aliphatic rings. The van der Waals surface area contributed by atoms with Gasteiger partial charge in [0.05, 0.1) is 16.9 Å². The van der Waals surface area contributed by atoms with Crippen LogP contribution in [0, 0.1) is 0 Å². The summed E-state index contributed by atoms with van der Waals surface area (Å²) >= 11 is 1.21. The lowest BCUT2D eigenvalue weighted by molar-refractivity contribution is 0.0514. The fourth-order valence-electron chi connectivity index (χ4n) is 2.05. The van der Waals surface area contributed by atoms with E-state index in [9.17, 15) is 4.79 Å². The maximum Gasteiger partial charge on any atom is 0.339 e. The third kappa shape index (κ3) is 3.38. The summed E-state index contributed by atoms with van der Waals surface area (Å²) in [5.41, 5.74) is 2.39. The number of hydrogen-bond acceptors (Lipinski definition) is 5. The molecule has 110 valence electrons. The minimum absolute atomic E-state index is 0.329. The monoisotopic (exact) mass is 310 g/mol. The number of carbonyl (C=O) groups is 1. The highest BCUT2D eigenvalue weighted by Crippen LogP contribution is 2.21. The number of nitrogens with zero attached hydrogens (tertiary/aromatic N) is 2. The van der Waals surface area contributed by atoms with Crippen LogP contribution in [0.1, 0.15) is 22.3 Å². The van der Waals surface area contributed by atoms with E-state index in [0.29, 0.717) is 18.6 Å². The average molecular weight is 310 g/mol. The number of esters is 1. The minimum Gasteiger partial charge on any atom is -0.462 e. The van der Waals surface area contributed by atoms with Crippen molar-refractivity contribution in [3.05, 3.63) is 65.7 Å². The second kappa shape index (κ2) is 6.95. The first-order chi connectivity index (χ1) is 10.8. The summed E-state index contributed by atoms with van der Waals surface area (Å²) in [4.78, 5) is 12.1. The Bertz CT molecular complexity index is 797. The predicted molar refractivity (Wildman–Crippen MR) is 87.8 cm³/mol. The van der Waals surface area contributed by atoms with Gasteiger partial charge in [-0.05, 0) is 35.6 Å². The second-order valence-electron chi connectivity index (χ2n) is 4.66. The molecule has 0 saturated carbocycles. The smallest absolute Gasteiger partial charge is 0.339 e. The molecular weight excluding hydrogens is 296 g/mol. The average Bonchev–Trinajstić information content (AvgIpc) is 3.04. The fourth-order valence-corrected chi connectivity index (χ4v) is 2.71. The first kappa shape index (κ1) is 14.4. The van der Waals surface area contributed by atoms with Crippen LogP contribution in [0.4, 0.5) is 0 Å². The van der Waals surface area contributed by atoms with Crippen LogP contribution in [0.3, 0.4) is 0 Å². The van der Waals surface area contributed by atoms with Crippen LogP contribution in [0.5, 0.6) is 0 Å². The van der Waals surface area contributed by atoms with Crippen LogP contribution in [-0.4, -0.2) is 22.2 Å². The Morgan fingerprint density at radius 3 is 2.86 bits per heavy atom. The summed E-state index contributed by atoms with van der Waals surface area (Å²) in [6.45, 7) is 0.352. The van der Waals surface area contributed by atoms with E-state index in [2.05, 4.69) is 9.59 Å². The molecule has 0 saturated heterocycles. The molecule has 1 heterocycles. The topological polar surface area (TPSA) is 52.1 Å². The Morgan fingerprint density at radius 1 is 1.14 bits per heavy atom. The van der Waals surface area contributed by atoms with Crippen LogP contribution in [0.2, 0.25) is 0 Å². The van der Waals surface area contributed by atoms with Gasteiger partial charge in [0.2, 0.25) is 0 Å². The van der Waals surface area contributed by atoms with Gasteiger partial charge in [-0.15, -0.1) is 5.10 Å². The normalized spacial score (nSPS) is 11.1. The molecule has 0 fully saturated rings. The van der Waals surface area contributed by atoms with Gasteiger partial charge in [0, 0.05) is 0 Å². The molecule has 3 aromatic rings. The molecule has 0 spiro atoms. The van der Waals surface area contributed by atoms with E-state index in [1.165, 1.54) is 11.5 Å². The lowest BCUT2D eigenvalue weighted by atomic mass is 10.2. The summed E-state index contributed by atoms with van der Waals surface area (Å²) in [5, 5.41) is 3.95. The van der Waals surface area contributed by atoms with Gasteiger partial charge >= 0.3 is 5.97 Å². The summed E-state index contributed by atoms with van der Waals surface area (Å²) in [5.74, 6) is -0.329. The summed E-state index contributed by atoms with van der Waals surface area (Å²) in [6.07, 6.45) is 4.69. The Morgan fingerprint density at radius 2 is 2.00 bits per heavy atom. The molecule has 0 unspecified atom stereocenters. The molecule has 0 atom stereocenters. The van der Waals surface area contributed by atoms with Crippen LogP contribution in [0.25, 0.3) is 16.3 Å². The molecule has 0 radical (unpaired) electrons. The van der Waals surface area contributed by atoms with E-state index < -0.39 is 0 Å². The first-order valence-electron chi connectivity index (χ1n) is 6.94. The molecule has 2 aromatic carbocycles. The van der Waals surface area contributed by atoms with Gasteiger partial charge in [-0.25, -0.2) is 4.79 Å². The molecule has 0 bridgehead atoms. The molecule has 0 aliphatic carbocycles. The number of hydrogen-bond donors (Lipinski definition) is 0. The highest BCUT2D eigenvalue weighted by atomic mass is 32.1. The molecule has 22 heavy (non-hydrogen) atoms. The summed E-state index contributed by atoms with van der Waals surface area (Å²) in [7, 11) is 0. The lowest BCUT2D eigenvalue weighted by Crippen LogP contribution is -2.06. The largest absolute Gasteiger partial charge is 0.462 e. The van der Waals surface area contributed by atoms with Gasteiger partial charge in [-0.1, -0.05) is 53.0 Å². The van der Waals surface area contributed by atoms with Crippen molar-refractivity contribution in [2.45, 2.75) is 6.42 Å². The zero-order valence-corrected chi connectivity index (χ0v) is 12.6. The van der Waals surface area contributed by atoms with Gasteiger partial charge in [0.25, 0.3) is 0 Å². The molecular formula is C17H14N2O2S. The zero-order valence-electron chi connectivity index (χ0n) is 11.8. The number of ether oxygens (including phenoxy) is 1. The van der Waals surface area contributed by atoms with Crippen LogP contribution in [0.15, 0.2) is 54.6 Å². The third-order valence-corrected chi connectivity index (χ3v) is 3.90. The number of benzene rings is 2. The Balaban J connectivity index is 1.55. The molecule has 0 aliphatic heterocycles. The number of fused-ring (bicyclic) bond motifs is 1. The van der Waals surface area contributed by atoms with Crippen molar-refractivity contribution in [3.63, 3.8) is 0 Å². The predicted octanol–water partition coefficient (Wildman–Crippen LogP) is 3.95. The van der Waals surface area contributed by atoms with Gasteiger partial charge < -0.3 is 4.74 Å². The minimum atomic E-state index is -0.329. The number of carbonyl (C=O) groups excluding carboxylic acids is 1. The van der Waals surface area contributed by atoms with E-state index in [1.54, 1.807) is 12.1 Å². The van der Waals surface area contributed by atoms with E-state index in [0.717, 1.165) is 15.8 Å². The van der Waals surface area contributed by atoms with Crippen molar-refractivity contribution in [2.24, 2.45) is 0 Å². The van der Waals surface area contributed by atoms with Crippen molar-refractivity contribution in [3.8, 4) is 0 Å². The van der Waals surface area contributed by atoms with Gasteiger partial charge in [0.15, 0.2) is 0 Å². The number of aromatic nitrogens is 2. The van der Waals surface area contributed by atoms with Gasteiger partial charge in [-0.2, -0.15) is 0 Å². The van der Waals surface area contributed by atoms with E-state index >= 15 is 0 Å². The summed E-state index contributed by atoms with van der Waals surface area (Å²) < 4.78 is 9.94. The zero-order chi connectivity index (χ0) is 15.2. The number of rotatable bonds is 5. The molecule has 1 aromatic heterocycles. The highest BCUT2D eigenvalue weighted by molar-refractivity contribution is 7.13. The molecule has 4 nitrogen and oxygen atoms in total. The first-order valence-corrected chi connectivity index (χ1v) is 7.72. The Kier molecular flexibility index (Phi) is 4.56. The summed E-state index contributed by atoms with van der Waals surface area (Å²) in [6, 6.07) is 15.4. The van der Waals surface area contributed by atoms with Gasteiger partial charge in [0.1, 0.15) is 5.52 Å². The van der Waals surface area contributed by atoms with Crippen molar-refractivity contribution < 1.29 is 9.53 Å². The van der Waals surface area contributed by atoms with Gasteiger partial charge in [-0.3, -0.25) is 0 Å². The van der Waals surface area contributed by atoms with Crippen molar-refractivity contribution in [1.29, 1.82) is 0 Å². The molecule has 5 heteroatoms. The molecule has 3 rings (SSSR count). The Hall–Kier alpha value is -2.53. The van der Waals surface area contributed by atoms with Crippen LogP contribution in [-0.2, 0) is 4.74 Å². The molecule has 0 N–H and O–H groups in total. The SMILES string of the molecule is O=C(OCCC=Cc1ccccc1)c1cccc2nnsc12. The van der Waals surface area contributed by atoms with Crippen molar-refractivity contribution in [1.82, 2.24) is 9.59 Å². The van der Waals surface area contributed by atoms with Crippen molar-refractivity contribution >= 4 is 33.8 Å². The van der Waals surface area contributed by atoms with E-state index in [-0.39, 0.29) is 5.97 Å². The second-order valence-corrected chi connectivity index (χ2v) is 5.42. The highest BCUT2D eigenvalue weighted by Gasteiger charge is 2.13. The van der Waals surface area contributed by atoms with Crippen molar-refractivity contribution in [2.75, 3.05) is 6.61 Å². The Labute approximate surface area is 132 Å². The quantitative estimate of drug-likeness (QED) is 0.529. The maximum atomic E-state index is 12.1. The van der Waals surface area contributed by atoms with E-state index in [1.807, 2.05) is 48.6 Å².